The third-order valence-electron chi connectivity index (χ3n) is 5.00. The molecule has 148 valence electrons. The number of rotatable bonds is 3. The van der Waals surface area contributed by atoms with Crippen LogP contribution in [0.25, 0.3) is 22.0 Å². The molecule has 0 spiro atoms. The van der Waals surface area contributed by atoms with Crippen LogP contribution >= 0.6 is 34.8 Å². The normalized spacial score (nSPS) is 14.3. The maximum atomic E-state index is 11.8. The summed E-state index contributed by atoms with van der Waals surface area (Å²) in [5, 5.41) is 2.42. The minimum atomic E-state index is -0.0501. The van der Waals surface area contributed by atoms with Crippen molar-refractivity contribution in [2.24, 2.45) is 0 Å². The van der Waals surface area contributed by atoms with Crippen molar-refractivity contribution in [1.82, 2.24) is 14.9 Å². The molecule has 1 saturated heterocycles. The fourth-order valence-corrected chi connectivity index (χ4v) is 4.03. The number of benzene rings is 2. The van der Waals surface area contributed by atoms with Gasteiger partial charge in [0.25, 0.3) is 0 Å². The second kappa shape index (κ2) is 8.19. The molecule has 1 aliphatic heterocycles. The number of nitrogens with zero attached hydrogens (tertiary/aromatic N) is 4. The second-order valence-corrected chi connectivity index (χ2v) is 7.91. The molecule has 1 aromatic heterocycles. The molecule has 5 nitrogen and oxygen atoms in total. The average molecular weight is 448 g/mol. The quantitative estimate of drug-likeness (QED) is 0.525. The lowest BCUT2D eigenvalue weighted by atomic mass is 10.0. The first-order valence-corrected chi connectivity index (χ1v) is 10.2. The van der Waals surface area contributed by atoms with Crippen molar-refractivity contribution in [3.63, 3.8) is 0 Å². The van der Waals surface area contributed by atoms with Crippen LogP contribution < -0.4 is 4.90 Å². The fraction of sp³-hybridized carbons (Fsp3) is 0.190. The third-order valence-corrected chi connectivity index (χ3v) is 6.05. The SMILES string of the molecule is C=CC(=O)N1CCN(c2ncnc3cc(Cl)c(-c4ccc(Cl)c(Cl)c4)cc23)CC1. The number of hydrogen-bond acceptors (Lipinski definition) is 4. The predicted molar refractivity (Wildman–Crippen MR) is 119 cm³/mol. The summed E-state index contributed by atoms with van der Waals surface area (Å²) in [6, 6.07) is 9.23. The molecule has 1 amide bonds. The molecule has 1 fully saturated rings. The maximum Gasteiger partial charge on any atom is 0.246 e. The number of carbonyl (C=O) groups excluding carboxylic acids is 1. The Bertz CT molecular complexity index is 1110. The third kappa shape index (κ3) is 3.90. The maximum absolute atomic E-state index is 11.8. The van der Waals surface area contributed by atoms with E-state index in [1.807, 2.05) is 18.2 Å². The second-order valence-electron chi connectivity index (χ2n) is 6.69. The van der Waals surface area contributed by atoms with Crippen LogP contribution in [0.15, 0.2) is 49.3 Å². The van der Waals surface area contributed by atoms with Gasteiger partial charge in [0.05, 0.1) is 20.6 Å². The van der Waals surface area contributed by atoms with Crippen LogP contribution in [0.4, 0.5) is 5.82 Å². The molecule has 0 radical (unpaired) electrons. The lowest BCUT2D eigenvalue weighted by Gasteiger charge is -2.35. The van der Waals surface area contributed by atoms with Crippen molar-refractivity contribution in [3.05, 3.63) is 64.4 Å². The van der Waals surface area contributed by atoms with Crippen molar-refractivity contribution < 1.29 is 4.79 Å². The lowest BCUT2D eigenvalue weighted by Crippen LogP contribution is -2.48. The Hall–Kier alpha value is -2.34. The number of carbonyl (C=O) groups is 1. The molecule has 0 saturated carbocycles. The Morgan fingerprint density at radius 3 is 2.41 bits per heavy atom. The molecule has 1 aliphatic rings. The summed E-state index contributed by atoms with van der Waals surface area (Å²) >= 11 is 18.8. The highest BCUT2D eigenvalue weighted by Crippen LogP contribution is 2.37. The van der Waals surface area contributed by atoms with Gasteiger partial charge in [0, 0.05) is 37.1 Å². The highest BCUT2D eigenvalue weighted by atomic mass is 35.5. The molecule has 29 heavy (non-hydrogen) atoms. The minimum Gasteiger partial charge on any atom is -0.352 e. The van der Waals surface area contributed by atoms with Gasteiger partial charge < -0.3 is 9.80 Å². The van der Waals surface area contributed by atoms with Gasteiger partial charge >= 0.3 is 0 Å². The number of fused-ring (bicyclic) bond motifs is 1. The Kier molecular flexibility index (Phi) is 5.63. The summed E-state index contributed by atoms with van der Waals surface area (Å²) in [5.74, 6) is 0.768. The topological polar surface area (TPSA) is 49.3 Å². The van der Waals surface area contributed by atoms with E-state index in [9.17, 15) is 4.79 Å². The van der Waals surface area contributed by atoms with E-state index in [2.05, 4.69) is 21.4 Å². The van der Waals surface area contributed by atoms with Crippen molar-refractivity contribution in [2.45, 2.75) is 0 Å². The standard InChI is InChI=1S/C21H17Cl3N4O/c1-2-20(29)27-5-7-28(8-6-27)21-15-10-14(13-3-4-16(22)18(24)9-13)17(23)11-19(15)25-12-26-21/h2-4,9-12H,1,5-8H2. The van der Waals surface area contributed by atoms with Gasteiger partial charge in [0.15, 0.2) is 0 Å². The Morgan fingerprint density at radius 1 is 0.966 bits per heavy atom. The molecule has 2 heterocycles. The van der Waals surface area contributed by atoms with Gasteiger partial charge in [-0.05, 0) is 35.9 Å². The summed E-state index contributed by atoms with van der Waals surface area (Å²) < 4.78 is 0. The Morgan fingerprint density at radius 2 is 1.72 bits per heavy atom. The van der Waals surface area contributed by atoms with Gasteiger partial charge in [-0.25, -0.2) is 9.97 Å². The van der Waals surface area contributed by atoms with E-state index in [1.54, 1.807) is 17.0 Å². The zero-order valence-corrected chi connectivity index (χ0v) is 17.7. The van der Waals surface area contributed by atoms with Crippen LogP contribution in [0, 0.1) is 0 Å². The molecule has 0 aliphatic carbocycles. The molecule has 4 rings (SSSR count). The first-order chi connectivity index (χ1) is 14.0. The first-order valence-electron chi connectivity index (χ1n) is 9.04. The molecule has 0 unspecified atom stereocenters. The number of anilines is 1. The number of halogens is 3. The largest absolute Gasteiger partial charge is 0.352 e. The van der Waals surface area contributed by atoms with E-state index in [1.165, 1.54) is 12.4 Å². The number of aromatic nitrogens is 2. The van der Waals surface area contributed by atoms with Gasteiger partial charge in [-0.3, -0.25) is 4.79 Å². The van der Waals surface area contributed by atoms with E-state index in [-0.39, 0.29) is 5.91 Å². The lowest BCUT2D eigenvalue weighted by molar-refractivity contribution is -0.126. The predicted octanol–water partition coefficient (Wildman–Crippen LogP) is 5.09. The summed E-state index contributed by atoms with van der Waals surface area (Å²) in [4.78, 5) is 24.7. The zero-order chi connectivity index (χ0) is 20.5. The van der Waals surface area contributed by atoms with Gasteiger partial charge in [-0.2, -0.15) is 0 Å². The van der Waals surface area contributed by atoms with Gasteiger partial charge in [0.1, 0.15) is 12.1 Å². The van der Waals surface area contributed by atoms with Crippen molar-refractivity contribution in [1.29, 1.82) is 0 Å². The van der Waals surface area contributed by atoms with Crippen LogP contribution in [-0.2, 0) is 4.79 Å². The first kappa shape index (κ1) is 20.0. The van der Waals surface area contributed by atoms with E-state index < -0.39 is 0 Å². The monoisotopic (exact) mass is 446 g/mol. The van der Waals surface area contributed by atoms with E-state index in [4.69, 9.17) is 34.8 Å². The van der Waals surface area contributed by atoms with Gasteiger partial charge in [0.2, 0.25) is 5.91 Å². The van der Waals surface area contributed by atoms with Crippen LogP contribution in [0.1, 0.15) is 0 Å². The number of hydrogen-bond donors (Lipinski definition) is 0. The Balaban J connectivity index is 1.73. The fourth-order valence-electron chi connectivity index (χ4n) is 3.47. The zero-order valence-electron chi connectivity index (χ0n) is 15.4. The van der Waals surface area contributed by atoms with Gasteiger partial charge in [-0.15, -0.1) is 0 Å². The highest BCUT2D eigenvalue weighted by molar-refractivity contribution is 6.42. The highest BCUT2D eigenvalue weighted by Gasteiger charge is 2.22. The smallest absolute Gasteiger partial charge is 0.246 e. The molecule has 0 atom stereocenters. The molecule has 2 aromatic carbocycles. The molecular weight excluding hydrogens is 431 g/mol. The summed E-state index contributed by atoms with van der Waals surface area (Å²) in [6.07, 6.45) is 2.88. The Labute approximate surface area is 183 Å². The van der Waals surface area contributed by atoms with Crippen LogP contribution in [-0.4, -0.2) is 47.0 Å². The number of piperazine rings is 1. The van der Waals surface area contributed by atoms with Crippen molar-refractivity contribution in [2.75, 3.05) is 31.1 Å². The molecule has 0 bridgehead atoms. The van der Waals surface area contributed by atoms with Crippen LogP contribution in [0.5, 0.6) is 0 Å². The van der Waals surface area contributed by atoms with E-state index in [0.717, 1.165) is 27.8 Å². The van der Waals surface area contributed by atoms with E-state index >= 15 is 0 Å². The van der Waals surface area contributed by atoms with E-state index in [0.29, 0.717) is 41.2 Å². The van der Waals surface area contributed by atoms with Crippen molar-refractivity contribution in [3.8, 4) is 11.1 Å². The summed E-state index contributed by atoms with van der Waals surface area (Å²) in [7, 11) is 0. The molecule has 0 N–H and O–H groups in total. The minimum absolute atomic E-state index is 0.0501. The van der Waals surface area contributed by atoms with Crippen LogP contribution in [0.2, 0.25) is 15.1 Å². The van der Waals surface area contributed by atoms with Crippen molar-refractivity contribution >= 4 is 57.4 Å². The summed E-state index contributed by atoms with van der Waals surface area (Å²) in [6.45, 7) is 6.14. The molecule has 3 aromatic rings. The average Bonchev–Trinajstić information content (AvgIpc) is 2.74. The van der Waals surface area contributed by atoms with Gasteiger partial charge in [-0.1, -0.05) is 47.4 Å². The molecule has 8 heteroatoms. The summed E-state index contributed by atoms with van der Waals surface area (Å²) in [5.41, 5.74) is 2.45. The van der Waals surface area contributed by atoms with Crippen LogP contribution in [0.3, 0.4) is 0 Å². The molecular formula is C21H17Cl3N4O. The number of amides is 1.